The van der Waals surface area contributed by atoms with E-state index in [1.807, 2.05) is 60.7 Å². The molecule has 0 aliphatic carbocycles. The molecule has 1 heterocycles. The first-order valence-electron chi connectivity index (χ1n) is 8.52. The first kappa shape index (κ1) is 17.4. The van der Waals surface area contributed by atoms with Crippen LogP contribution in [0.5, 0.6) is 0 Å². The van der Waals surface area contributed by atoms with Gasteiger partial charge in [0, 0.05) is 16.9 Å². The Labute approximate surface area is 161 Å². The van der Waals surface area contributed by atoms with Gasteiger partial charge in [-0.2, -0.15) is 0 Å². The number of nitrogens with zero attached hydrogens (tertiary/aromatic N) is 3. The van der Waals surface area contributed by atoms with Gasteiger partial charge in [-0.25, -0.2) is 9.37 Å². The summed E-state index contributed by atoms with van der Waals surface area (Å²) in [5.41, 5.74) is 4.55. The number of aromatic nitrogens is 3. The molecule has 0 atom stereocenters. The summed E-state index contributed by atoms with van der Waals surface area (Å²) in [6.45, 7) is 0. The van der Waals surface area contributed by atoms with E-state index in [1.54, 1.807) is 12.1 Å². The topological polar surface area (TPSA) is 38.7 Å². The lowest BCUT2D eigenvalue weighted by Gasteiger charge is -2.09. The minimum Gasteiger partial charge on any atom is -0.219 e. The summed E-state index contributed by atoms with van der Waals surface area (Å²) in [5, 5.41) is 9.36. The Balaban J connectivity index is 1.67. The van der Waals surface area contributed by atoms with E-state index < -0.39 is 0 Å². The van der Waals surface area contributed by atoms with Crippen LogP contribution in [0.15, 0.2) is 90.1 Å². The molecule has 0 fully saturated rings. The number of halogens is 1. The van der Waals surface area contributed by atoms with E-state index in [4.69, 9.17) is 4.98 Å². The zero-order valence-electron chi connectivity index (χ0n) is 14.4. The second-order valence-electron chi connectivity index (χ2n) is 5.94. The van der Waals surface area contributed by atoms with E-state index in [0.29, 0.717) is 10.9 Å². The maximum atomic E-state index is 13.1. The predicted octanol–water partition coefficient (Wildman–Crippen LogP) is 5.64. The highest BCUT2D eigenvalue weighted by molar-refractivity contribution is 7.98. The van der Waals surface area contributed by atoms with Gasteiger partial charge in [-0.3, -0.25) is 0 Å². The van der Waals surface area contributed by atoms with Crippen LogP contribution in [0.3, 0.4) is 0 Å². The molecule has 0 aliphatic rings. The van der Waals surface area contributed by atoms with Crippen molar-refractivity contribution in [2.45, 2.75) is 10.9 Å². The first-order valence-corrected chi connectivity index (χ1v) is 9.51. The van der Waals surface area contributed by atoms with Crippen molar-refractivity contribution in [3.8, 4) is 22.5 Å². The van der Waals surface area contributed by atoms with E-state index in [9.17, 15) is 4.39 Å². The zero-order chi connectivity index (χ0) is 18.5. The summed E-state index contributed by atoms with van der Waals surface area (Å²) in [6, 6.07) is 26.4. The third kappa shape index (κ3) is 4.20. The lowest BCUT2D eigenvalue weighted by Crippen LogP contribution is -1.99. The van der Waals surface area contributed by atoms with Gasteiger partial charge in [-0.05, 0) is 17.7 Å². The maximum Gasteiger partial charge on any atom is 0.210 e. The standard InChI is InChI=1S/C22H16FN3S/c23-19-13-11-16(12-14-19)15-27-22-24-20(17-7-3-1-4-8-17)21(25-26-22)18-9-5-2-6-10-18/h1-14H,15H2. The van der Waals surface area contributed by atoms with Crippen molar-refractivity contribution in [1.29, 1.82) is 0 Å². The molecule has 0 spiro atoms. The largest absolute Gasteiger partial charge is 0.219 e. The number of rotatable bonds is 5. The van der Waals surface area contributed by atoms with Gasteiger partial charge in [0.1, 0.15) is 17.2 Å². The van der Waals surface area contributed by atoms with E-state index in [1.165, 1.54) is 23.9 Å². The zero-order valence-corrected chi connectivity index (χ0v) is 15.2. The molecular formula is C22H16FN3S. The molecule has 3 aromatic carbocycles. The molecule has 4 rings (SSSR count). The van der Waals surface area contributed by atoms with Gasteiger partial charge in [-0.1, -0.05) is 84.6 Å². The van der Waals surface area contributed by atoms with Crippen molar-refractivity contribution < 1.29 is 4.39 Å². The molecule has 0 saturated carbocycles. The Bertz CT molecular complexity index is 1020. The molecular weight excluding hydrogens is 357 g/mol. The average molecular weight is 373 g/mol. The monoisotopic (exact) mass is 373 g/mol. The van der Waals surface area contributed by atoms with Crippen LogP contribution in [0.25, 0.3) is 22.5 Å². The first-order chi connectivity index (χ1) is 13.3. The van der Waals surface area contributed by atoms with Gasteiger partial charge in [0.2, 0.25) is 5.16 Å². The minimum absolute atomic E-state index is 0.236. The van der Waals surface area contributed by atoms with Gasteiger partial charge in [0.15, 0.2) is 0 Å². The molecule has 0 aliphatic heterocycles. The van der Waals surface area contributed by atoms with Crippen molar-refractivity contribution in [2.75, 3.05) is 0 Å². The third-order valence-electron chi connectivity index (χ3n) is 4.04. The normalized spacial score (nSPS) is 10.7. The van der Waals surface area contributed by atoms with Crippen molar-refractivity contribution in [2.24, 2.45) is 0 Å². The molecule has 0 unspecified atom stereocenters. The van der Waals surface area contributed by atoms with E-state index in [0.717, 1.165) is 28.1 Å². The van der Waals surface area contributed by atoms with E-state index in [-0.39, 0.29) is 5.82 Å². The highest BCUT2D eigenvalue weighted by Crippen LogP contribution is 2.30. The molecule has 0 radical (unpaired) electrons. The third-order valence-corrected chi connectivity index (χ3v) is 4.95. The van der Waals surface area contributed by atoms with Crippen molar-refractivity contribution in [1.82, 2.24) is 15.2 Å². The molecule has 4 aromatic rings. The highest BCUT2D eigenvalue weighted by atomic mass is 32.2. The van der Waals surface area contributed by atoms with Crippen LogP contribution in [-0.4, -0.2) is 15.2 Å². The molecule has 27 heavy (non-hydrogen) atoms. The Kier molecular flexibility index (Phi) is 5.21. The second kappa shape index (κ2) is 8.10. The molecule has 5 heteroatoms. The van der Waals surface area contributed by atoms with Crippen LogP contribution in [0.4, 0.5) is 4.39 Å². The van der Waals surface area contributed by atoms with Gasteiger partial charge < -0.3 is 0 Å². The lowest BCUT2D eigenvalue weighted by atomic mass is 10.0. The molecule has 1 aromatic heterocycles. The number of hydrogen-bond donors (Lipinski definition) is 0. The summed E-state index contributed by atoms with van der Waals surface area (Å²) in [7, 11) is 0. The molecule has 3 nitrogen and oxygen atoms in total. The Hall–Kier alpha value is -3.05. The summed E-state index contributed by atoms with van der Waals surface area (Å²) in [4.78, 5) is 4.77. The van der Waals surface area contributed by atoms with Crippen LogP contribution < -0.4 is 0 Å². The average Bonchev–Trinajstić information content (AvgIpc) is 2.74. The van der Waals surface area contributed by atoms with Gasteiger partial charge >= 0.3 is 0 Å². The number of hydrogen-bond acceptors (Lipinski definition) is 4. The van der Waals surface area contributed by atoms with E-state index >= 15 is 0 Å². The Morgan fingerprint density at radius 1 is 0.667 bits per heavy atom. The van der Waals surface area contributed by atoms with Gasteiger partial charge in [0.25, 0.3) is 0 Å². The van der Waals surface area contributed by atoms with Crippen LogP contribution in [0, 0.1) is 5.82 Å². The summed E-state index contributed by atoms with van der Waals surface area (Å²) >= 11 is 1.48. The van der Waals surface area contributed by atoms with Crippen molar-refractivity contribution in [3.63, 3.8) is 0 Å². The molecule has 132 valence electrons. The van der Waals surface area contributed by atoms with Crippen LogP contribution in [-0.2, 0) is 5.75 Å². The molecule has 0 N–H and O–H groups in total. The number of thioether (sulfide) groups is 1. The Morgan fingerprint density at radius 3 is 1.89 bits per heavy atom. The summed E-state index contributed by atoms with van der Waals surface area (Å²) in [5.74, 6) is 0.418. The lowest BCUT2D eigenvalue weighted by molar-refractivity contribution is 0.627. The predicted molar refractivity (Wildman–Crippen MR) is 107 cm³/mol. The molecule has 0 bridgehead atoms. The summed E-state index contributed by atoms with van der Waals surface area (Å²) < 4.78 is 13.1. The highest BCUT2D eigenvalue weighted by Gasteiger charge is 2.13. The van der Waals surface area contributed by atoms with Crippen molar-refractivity contribution >= 4 is 11.8 Å². The van der Waals surface area contributed by atoms with Crippen LogP contribution in [0.2, 0.25) is 0 Å². The van der Waals surface area contributed by atoms with Crippen LogP contribution >= 0.6 is 11.8 Å². The fraction of sp³-hybridized carbons (Fsp3) is 0.0455. The van der Waals surface area contributed by atoms with Crippen LogP contribution in [0.1, 0.15) is 5.56 Å². The SMILES string of the molecule is Fc1ccc(CSc2nnc(-c3ccccc3)c(-c3ccccc3)n2)cc1. The fourth-order valence-corrected chi connectivity index (χ4v) is 3.43. The quantitative estimate of drug-likeness (QED) is 0.425. The van der Waals surface area contributed by atoms with Gasteiger partial charge in [0.05, 0.1) is 0 Å². The second-order valence-corrected chi connectivity index (χ2v) is 6.88. The number of benzene rings is 3. The van der Waals surface area contributed by atoms with Crippen molar-refractivity contribution in [3.05, 3.63) is 96.3 Å². The summed E-state index contributed by atoms with van der Waals surface area (Å²) in [6.07, 6.45) is 0. The van der Waals surface area contributed by atoms with Gasteiger partial charge in [-0.15, -0.1) is 10.2 Å². The molecule has 0 amide bonds. The minimum atomic E-state index is -0.236. The molecule has 0 saturated heterocycles. The van der Waals surface area contributed by atoms with E-state index in [2.05, 4.69) is 10.2 Å². The maximum absolute atomic E-state index is 13.1. The Morgan fingerprint density at radius 2 is 1.26 bits per heavy atom. The smallest absolute Gasteiger partial charge is 0.210 e. The fourth-order valence-electron chi connectivity index (χ4n) is 2.69.